The molecule has 0 spiro atoms. The van der Waals surface area contributed by atoms with Crippen molar-refractivity contribution < 1.29 is 4.39 Å². The van der Waals surface area contributed by atoms with E-state index in [9.17, 15) is 9.18 Å². The molecule has 3 rings (SSSR count). The Morgan fingerprint density at radius 2 is 1.83 bits per heavy atom. The van der Waals surface area contributed by atoms with Gasteiger partial charge in [0.1, 0.15) is 0 Å². The number of benzene rings is 1. The topological polar surface area (TPSA) is 47.8 Å². The Kier molecular flexibility index (Phi) is 4.44. The van der Waals surface area contributed by atoms with Crippen molar-refractivity contribution in [1.82, 2.24) is 14.8 Å². The molecule has 0 unspecified atom stereocenters. The van der Waals surface area contributed by atoms with Crippen LogP contribution in [-0.4, -0.2) is 14.8 Å². The van der Waals surface area contributed by atoms with Crippen LogP contribution < -0.4 is 5.56 Å². The van der Waals surface area contributed by atoms with E-state index in [4.69, 9.17) is 11.6 Å². The molecule has 2 aromatic heterocycles. The van der Waals surface area contributed by atoms with Gasteiger partial charge in [0.25, 0.3) is 5.56 Å². The van der Waals surface area contributed by atoms with E-state index in [0.29, 0.717) is 34.1 Å². The van der Waals surface area contributed by atoms with Gasteiger partial charge in [-0.25, -0.2) is 9.67 Å². The minimum Gasteiger partial charge on any atom is -0.268 e. The zero-order valence-corrected chi connectivity index (χ0v) is 14.0. The van der Waals surface area contributed by atoms with Gasteiger partial charge in [-0.05, 0) is 49.7 Å². The molecule has 0 saturated carbocycles. The van der Waals surface area contributed by atoms with E-state index in [1.165, 1.54) is 10.7 Å². The van der Waals surface area contributed by atoms with Crippen molar-refractivity contribution in [3.05, 3.63) is 80.6 Å². The Morgan fingerprint density at radius 3 is 2.50 bits per heavy atom. The van der Waals surface area contributed by atoms with E-state index in [1.54, 1.807) is 38.1 Å². The van der Waals surface area contributed by atoms with E-state index >= 15 is 0 Å². The van der Waals surface area contributed by atoms with Crippen LogP contribution in [0.5, 0.6) is 0 Å². The van der Waals surface area contributed by atoms with Crippen LogP contribution in [0.2, 0.25) is 5.02 Å². The number of pyridine rings is 1. The van der Waals surface area contributed by atoms with E-state index in [2.05, 4.69) is 10.1 Å². The maximum atomic E-state index is 13.2. The lowest BCUT2D eigenvalue weighted by atomic mass is 10.1. The first-order chi connectivity index (χ1) is 11.4. The largest absolute Gasteiger partial charge is 0.270 e. The summed E-state index contributed by atoms with van der Waals surface area (Å²) in [5, 5.41) is 5.06. The highest BCUT2D eigenvalue weighted by atomic mass is 35.5. The van der Waals surface area contributed by atoms with Crippen LogP contribution in [-0.2, 0) is 6.54 Å². The lowest BCUT2D eigenvalue weighted by Crippen LogP contribution is -2.26. The summed E-state index contributed by atoms with van der Waals surface area (Å²) in [6.07, 6.45) is 0. The summed E-state index contributed by atoms with van der Waals surface area (Å²) in [6.45, 7) is 3.78. The minimum absolute atomic E-state index is 0.165. The summed E-state index contributed by atoms with van der Waals surface area (Å²) in [5.41, 5.74) is 3.13. The van der Waals surface area contributed by atoms with E-state index in [1.807, 2.05) is 12.1 Å². The van der Waals surface area contributed by atoms with Crippen LogP contribution in [0.4, 0.5) is 4.39 Å². The molecule has 0 radical (unpaired) electrons. The number of nitrogens with zero attached hydrogens (tertiary/aromatic N) is 3. The fourth-order valence-electron chi connectivity index (χ4n) is 2.48. The number of aromatic nitrogens is 3. The van der Waals surface area contributed by atoms with E-state index in [0.717, 1.165) is 5.56 Å². The smallest absolute Gasteiger partial charge is 0.268 e. The van der Waals surface area contributed by atoms with Crippen molar-refractivity contribution in [3.8, 4) is 11.3 Å². The molecule has 0 bridgehead atoms. The molecule has 1 aromatic carbocycles. The van der Waals surface area contributed by atoms with Crippen LogP contribution in [0.3, 0.4) is 0 Å². The normalized spacial score (nSPS) is 10.8. The Bertz CT molecular complexity index is 951. The third-order valence-electron chi connectivity index (χ3n) is 3.73. The molecule has 0 saturated heterocycles. The van der Waals surface area contributed by atoms with Gasteiger partial charge >= 0.3 is 0 Å². The van der Waals surface area contributed by atoms with Crippen molar-refractivity contribution in [3.63, 3.8) is 0 Å². The molecule has 0 N–H and O–H groups in total. The summed E-state index contributed by atoms with van der Waals surface area (Å²) in [5.74, 6) is -0.539. The van der Waals surface area contributed by atoms with E-state index in [-0.39, 0.29) is 5.56 Å². The molecule has 0 aliphatic rings. The molecule has 122 valence electrons. The fourth-order valence-corrected chi connectivity index (χ4v) is 2.60. The summed E-state index contributed by atoms with van der Waals surface area (Å²) < 4.78 is 14.6. The molecule has 0 fully saturated rings. The van der Waals surface area contributed by atoms with Crippen LogP contribution in [0.15, 0.2) is 47.3 Å². The Hall–Kier alpha value is -2.53. The van der Waals surface area contributed by atoms with E-state index < -0.39 is 5.95 Å². The molecular formula is C18H15ClFN3O. The van der Waals surface area contributed by atoms with Crippen molar-refractivity contribution >= 4 is 11.6 Å². The Balaban J connectivity index is 2.05. The predicted octanol–water partition coefficient (Wildman–Crippen LogP) is 3.76. The van der Waals surface area contributed by atoms with Gasteiger partial charge in [0, 0.05) is 21.8 Å². The van der Waals surface area contributed by atoms with Crippen LogP contribution in [0.1, 0.15) is 16.8 Å². The van der Waals surface area contributed by atoms with Crippen LogP contribution in [0, 0.1) is 19.8 Å². The van der Waals surface area contributed by atoms with Crippen molar-refractivity contribution in [2.24, 2.45) is 0 Å². The van der Waals surface area contributed by atoms with Gasteiger partial charge in [-0.15, -0.1) is 0 Å². The molecule has 2 heterocycles. The number of hydrogen-bond donors (Lipinski definition) is 0. The maximum absolute atomic E-state index is 13.2. The van der Waals surface area contributed by atoms with Gasteiger partial charge in [0.05, 0.1) is 12.2 Å². The Morgan fingerprint density at radius 1 is 1.12 bits per heavy atom. The predicted molar refractivity (Wildman–Crippen MR) is 91.7 cm³/mol. The molecule has 3 aromatic rings. The summed E-state index contributed by atoms with van der Waals surface area (Å²) in [7, 11) is 0. The third kappa shape index (κ3) is 3.36. The zero-order chi connectivity index (χ0) is 17.3. The lowest BCUT2D eigenvalue weighted by Gasteiger charge is -2.10. The molecular weight excluding hydrogens is 329 g/mol. The number of hydrogen-bond acceptors (Lipinski definition) is 3. The SMILES string of the molecule is Cc1nc(F)ccc1-c1cc(C)c(=O)n(Cc2ccc(Cl)cc2)n1. The van der Waals surface area contributed by atoms with Crippen LogP contribution in [0.25, 0.3) is 11.3 Å². The number of rotatable bonds is 3. The van der Waals surface area contributed by atoms with Crippen molar-refractivity contribution in [2.45, 2.75) is 20.4 Å². The highest BCUT2D eigenvalue weighted by Crippen LogP contribution is 2.20. The Labute approximate surface area is 143 Å². The first-order valence-electron chi connectivity index (χ1n) is 7.41. The summed E-state index contributed by atoms with van der Waals surface area (Å²) in [6, 6.07) is 11.8. The maximum Gasteiger partial charge on any atom is 0.270 e. The van der Waals surface area contributed by atoms with Gasteiger partial charge in [-0.3, -0.25) is 4.79 Å². The molecule has 24 heavy (non-hydrogen) atoms. The molecule has 0 amide bonds. The van der Waals surface area contributed by atoms with Crippen molar-refractivity contribution in [1.29, 1.82) is 0 Å². The van der Waals surface area contributed by atoms with Crippen LogP contribution >= 0.6 is 11.6 Å². The molecule has 0 aliphatic carbocycles. The highest BCUT2D eigenvalue weighted by molar-refractivity contribution is 6.30. The lowest BCUT2D eigenvalue weighted by molar-refractivity contribution is 0.580. The third-order valence-corrected chi connectivity index (χ3v) is 3.98. The minimum atomic E-state index is -0.539. The first-order valence-corrected chi connectivity index (χ1v) is 7.78. The van der Waals surface area contributed by atoms with Gasteiger partial charge in [-0.1, -0.05) is 23.7 Å². The zero-order valence-electron chi connectivity index (χ0n) is 13.3. The molecule has 6 heteroatoms. The molecule has 0 aliphatic heterocycles. The average molecular weight is 344 g/mol. The monoisotopic (exact) mass is 343 g/mol. The quantitative estimate of drug-likeness (QED) is 0.680. The van der Waals surface area contributed by atoms with Gasteiger partial charge in [0.15, 0.2) is 0 Å². The summed E-state index contributed by atoms with van der Waals surface area (Å²) in [4.78, 5) is 16.2. The van der Waals surface area contributed by atoms with Gasteiger partial charge in [-0.2, -0.15) is 9.49 Å². The average Bonchev–Trinajstić information content (AvgIpc) is 2.54. The van der Waals surface area contributed by atoms with Gasteiger partial charge < -0.3 is 0 Å². The second kappa shape index (κ2) is 6.53. The number of aryl methyl sites for hydroxylation is 2. The fraction of sp³-hybridized carbons (Fsp3) is 0.167. The number of halogens is 2. The summed E-state index contributed by atoms with van der Waals surface area (Å²) >= 11 is 5.88. The highest BCUT2D eigenvalue weighted by Gasteiger charge is 2.11. The first kappa shape index (κ1) is 16.3. The van der Waals surface area contributed by atoms with Crippen molar-refractivity contribution in [2.75, 3.05) is 0 Å². The van der Waals surface area contributed by atoms with Gasteiger partial charge in [0.2, 0.25) is 5.95 Å². The second-order valence-electron chi connectivity index (χ2n) is 5.57. The standard InChI is InChI=1S/C18H15ClFN3O/c1-11-9-16(15-7-8-17(20)21-12(15)2)22-23(18(11)24)10-13-3-5-14(19)6-4-13/h3-9H,10H2,1-2H3. The molecule has 4 nitrogen and oxygen atoms in total. The molecule has 0 atom stereocenters. The second-order valence-corrected chi connectivity index (χ2v) is 6.01.